The fraction of sp³-hybridized carbons (Fsp3) is 0.417. The van der Waals surface area contributed by atoms with E-state index in [-0.39, 0.29) is 5.91 Å². The Morgan fingerprint density at radius 3 is 2.84 bits per heavy atom. The Hall–Kier alpha value is -2.15. The van der Waals surface area contributed by atoms with E-state index < -0.39 is 0 Å². The van der Waals surface area contributed by atoms with Crippen molar-refractivity contribution < 1.29 is 14.3 Å². The number of pyridine rings is 1. The number of nitrogens with zero attached hydrogens (tertiary/aromatic N) is 1. The fourth-order valence-electron chi connectivity index (χ4n) is 1.47. The minimum Gasteiger partial charge on any atom is -0.481 e. The summed E-state index contributed by atoms with van der Waals surface area (Å²) < 4.78 is 5.15. The zero-order chi connectivity index (χ0) is 14.1. The molecule has 1 aromatic heterocycles. The minimum absolute atomic E-state index is 0.0506. The Morgan fingerprint density at radius 1 is 1.42 bits per heavy atom. The van der Waals surface area contributed by atoms with Crippen LogP contribution in [-0.2, 0) is 16.1 Å². The molecular weight excluding hydrogens is 248 g/mol. The third-order valence-corrected chi connectivity index (χ3v) is 2.33. The van der Waals surface area contributed by atoms with Gasteiger partial charge in [-0.15, -0.1) is 0 Å². The minimum atomic E-state index is -0.0506. The first-order valence-electron chi connectivity index (χ1n) is 5.86. The normalized spacial score (nSPS) is 9.79. The molecule has 0 radical (unpaired) electrons. The quantitative estimate of drug-likeness (QED) is 0.451. The van der Waals surface area contributed by atoms with Gasteiger partial charge in [0.25, 0.3) is 0 Å². The fourth-order valence-corrected chi connectivity index (χ4v) is 1.47. The van der Waals surface area contributed by atoms with Gasteiger partial charge in [0.2, 0.25) is 18.2 Å². The van der Waals surface area contributed by atoms with Crippen molar-refractivity contribution in [3.63, 3.8) is 0 Å². The van der Waals surface area contributed by atoms with Gasteiger partial charge in [-0.3, -0.25) is 9.59 Å². The van der Waals surface area contributed by atoms with Crippen LogP contribution in [0.4, 0.5) is 5.82 Å². The second kappa shape index (κ2) is 8.04. The first-order valence-corrected chi connectivity index (χ1v) is 5.86. The van der Waals surface area contributed by atoms with E-state index in [1.807, 2.05) is 6.07 Å². The maximum Gasteiger partial charge on any atom is 0.219 e. The zero-order valence-corrected chi connectivity index (χ0v) is 11.0. The molecule has 0 fully saturated rings. The lowest BCUT2D eigenvalue weighted by molar-refractivity contribution is -0.118. The molecule has 3 N–H and O–H groups in total. The van der Waals surface area contributed by atoms with Crippen molar-refractivity contribution in [3.05, 3.63) is 17.7 Å². The van der Waals surface area contributed by atoms with Gasteiger partial charge in [-0.1, -0.05) is 0 Å². The number of aromatic nitrogens is 1. The summed E-state index contributed by atoms with van der Waals surface area (Å²) in [6.07, 6.45) is 0.563. The average molecular weight is 266 g/mol. The summed E-state index contributed by atoms with van der Waals surface area (Å²) in [5.74, 6) is 0.845. The van der Waals surface area contributed by atoms with Crippen LogP contribution in [0.2, 0.25) is 0 Å². The molecule has 0 spiro atoms. The van der Waals surface area contributed by atoms with Crippen LogP contribution in [0.25, 0.3) is 0 Å². The molecule has 0 atom stereocenters. The maximum atomic E-state index is 10.7. The van der Waals surface area contributed by atoms with Crippen LogP contribution in [0, 0.1) is 0 Å². The van der Waals surface area contributed by atoms with Gasteiger partial charge in [0.05, 0.1) is 7.11 Å². The van der Waals surface area contributed by atoms with Gasteiger partial charge in [-0.2, -0.15) is 4.98 Å². The maximum absolute atomic E-state index is 10.7. The van der Waals surface area contributed by atoms with Crippen LogP contribution in [0.15, 0.2) is 12.1 Å². The first kappa shape index (κ1) is 14.9. The number of hydrogen-bond acceptors (Lipinski definition) is 5. The predicted octanol–water partition coefficient (Wildman–Crippen LogP) is -0.116. The summed E-state index contributed by atoms with van der Waals surface area (Å²) in [5, 5.41) is 8.31. The van der Waals surface area contributed by atoms with Gasteiger partial charge in [0.15, 0.2) is 0 Å². The molecule has 7 heteroatoms. The highest BCUT2D eigenvalue weighted by molar-refractivity contribution is 5.72. The number of carbonyl (C=O) groups is 2. The number of carbonyl (C=O) groups excluding carboxylic acids is 2. The number of methoxy groups -OCH3 is 1. The lowest BCUT2D eigenvalue weighted by atomic mass is 10.2. The van der Waals surface area contributed by atoms with Crippen molar-refractivity contribution in [1.82, 2.24) is 15.6 Å². The van der Waals surface area contributed by atoms with E-state index in [9.17, 15) is 9.59 Å². The molecular formula is C12H18N4O3. The van der Waals surface area contributed by atoms with E-state index in [2.05, 4.69) is 20.9 Å². The summed E-state index contributed by atoms with van der Waals surface area (Å²) in [6, 6.07) is 3.52. The molecule has 1 rings (SSSR count). The van der Waals surface area contributed by atoms with E-state index in [0.717, 1.165) is 5.56 Å². The standard InChI is InChI=1S/C12H18N4O3/c1-9(18)14-6-5-13-7-10-3-4-11(15-8-17)16-12(10)19-2/h3-4,8,13H,5-7H2,1-2H3,(H,14,18)(H,15,16,17). The molecule has 7 nitrogen and oxygen atoms in total. The summed E-state index contributed by atoms with van der Waals surface area (Å²) in [6.45, 7) is 3.26. The van der Waals surface area contributed by atoms with Gasteiger partial charge in [0, 0.05) is 32.1 Å². The smallest absolute Gasteiger partial charge is 0.219 e. The van der Waals surface area contributed by atoms with Gasteiger partial charge >= 0.3 is 0 Å². The van der Waals surface area contributed by atoms with Gasteiger partial charge < -0.3 is 20.7 Å². The molecule has 0 aromatic carbocycles. The SMILES string of the molecule is COc1nc(NC=O)ccc1CNCCNC(C)=O. The van der Waals surface area contributed by atoms with Crippen LogP contribution in [0.1, 0.15) is 12.5 Å². The van der Waals surface area contributed by atoms with Crippen molar-refractivity contribution in [2.75, 3.05) is 25.5 Å². The van der Waals surface area contributed by atoms with Crippen molar-refractivity contribution in [3.8, 4) is 5.88 Å². The number of amides is 2. The zero-order valence-electron chi connectivity index (χ0n) is 11.0. The molecule has 19 heavy (non-hydrogen) atoms. The summed E-state index contributed by atoms with van der Waals surface area (Å²) >= 11 is 0. The first-order chi connectivity index (χ1) is 9.17. The lowest BCUT2D eigenvalue weighted by Crippen LogP contribution is -2.30. The second-order valence-electron chi connectivity index (χ2n) is 3.79. The monoisotopic (exact) mass is 266 g/mol. The average Bonchev–Trinajstić information content (AvgIpc) is 2.39. The van der Waals surface area contributed by atoms with E-state index in [1.54, 1.807) is 6.07 Å². The molecule has 0 saturated heterocycles. The Labute approximate surface area is 111 Å². The topological polar surface area (TPSA) is 92.3 Å². The molecule has 104 valence electrons. The number of hydrogen-bond donors (Lipinski definition) is 3. The molecule has 1 heterocycles. The predicted molar refractivity (Wildman–Crippen MR) is 70.9 cm³/mol. The molecule has 1 aromatic rings. The van der Waals surface area contributed by atoms with Crippen LogP contribution < -0.4 is 20.7 Å². The van der Waals surface area contributed by atoms with Crippen LogP contribution in [0.3, 0.4) is 0 Å². The molecule has 0 bridgehead atoms. The third kappa shape index (κ3) is 5.35. The highest BCUT2D eigenvalue weighted by Gasteiger charge is 2.05. The third-order valence-electron chi connectivity index (χ3n) is 2.33. The van der Waals surface area contributed by atoms with Crippen molar-refractivity contribution in [1.29, 1.82) is 0 Å². The molecule has 0 aliphatic carbocycles. The molecule has 0 aliphatic heterocycles. The van der Waals surface area contributed by atoms with Crippen molar-refractivity contribution >= 4 is 18.1 Å². The van der Waals surface area contributed by atoms with E-state index >= 15 is 0 Å². The van der Waals surface area contributed by atoms with E-state index in [0.29, 0.717) is 37.7 Å². The molecule has 0 aliphatic rings. The lowest BCUT2D eigenvalue weighted by Gasteiger charge is -2.10. The largest absolute Gasteiger partial charge is 0.481 e. The number of ether oxygens (including phenoxy) is 1. The van der Waals surface area contributed by atoms with Gasteiger partial charge in [-0.25, -0.2) is 0 Å². The second-order valence-corrected chi connectivity index (χ2v) is 3.79. The van der Waals surface area contributed by atoms with Crippen molar-refractivity contribution in [2.45, 2.75) is 13.5 Å². The number of rotatable bonds is 8. The van der Waals surface area contributed by atoms with E-state index in [4.69, 9.17) is 4.74 Å². The molecule has 0 unspecified atom stereocenters. The Bertz CT molecular complexity index is 437. The van der Waals surface area contributed by atoms with E-state index in [1.165, 1.54) is 14.0 Å². The summed E-state index contributed by atoms with van der Waals surface area (Å²) in [7, 11) is 1.52. The Morgan fingerprint density at radius 2 is 2.21 bits per heavy atom. The van der Waals surface area contributed by atoms with Gasteiger partial charge in [-0.05, 0) is 12.1 Å². The highest BCUT2D eigenvalue weighted by Crippen LogP contribution is 2.17. The van der Waals surface area contributed by atoms with Crippen LogP contribution in [-0.4, -0.2) is 37.5 Å². The Balaban J connectivity index is 2.48. The van der Waals surface area contributed by atoms with Gasteiger partial charge in [0.1, 0.15) is 5.82 Å². The highest BCUT2D eigenvalue weighted by atomic mass is 16.5. The van der Waals surface area contributed by atoms with Crippen molar-refractivity contribution in [2.24, 2.45) is 0 Å². The number of anilines is 1. The number of nitrogens with one attached hydrogen (secondary N) is 3. The summed E-state index contributed by atoms with van der Waals surface area (Å²) in [5.41, 5.74) is 0.877. The molecule has 2 amide bonds. The van der Waals surface area contributed by atoms with Crippen LogP contribution >= 0.6 is 0 Å². The molecule has 0 saturated carbocycles. The Kier molecular flexibility index (Phi) is 6.31. The van der Waals surface area contributed by atoms with Crippen LogP contribution in [0.5, 0.6) is 5.88 Å². The summed E-state index contributed by atoms with van der Waals surface area (Å²) in [4.78, 5) is 25.1.